The second kappa shape index (κ2) is 9.07. The van der Waals surface area contributed by atoms with Crippen molar-refractivity contribution in [1.82, 2.24) is 15.1 Å². The molecule has 0 aromatic heterocycles. The Morgan fingerprint density at radius 1 is 0.906 bits per heavy atom. The van der Waals surface area contributed by atoms with E-state index in [4.69, 9.17) is 9.47 Å². The molecular weight excluding hydrogens is 427 g/mol. The third-order valence-corrected chi connectivity index (χ3v) is 5.47. The summed E-state index contributed by atoms with van der Waals surface area (Å²) in [6, 6.07) is 9.28. The number of fused-ring (bicyclic) bond motifs is 1. The summed E-state index contributed by atoms with van der Waals surface area (Å²) in [5.41, 5.74) is -0.0506. The Kier molecular flexibility index (Phi) is 6.22. The first-order chi connectivity index (χ1) is 15.3. The molecule has 4 rings (SSSR count). The van der Waals surface area contributed by atoms with Crippen LogP contribution in [-0.2, 0) is 6.18 Å². The Hall–Kier alpha value is -3.27. The number of nitrogens with one attached hydrogen (secondary N) is 1. The average molecular weight is 449 g/mol. The Morgan fingerprint density at radius 3 is 2.25 bits per heavy atom. The van der Waals surface area contributed by atoms with E-state index in [9.17, 15) is 22.8 Å². The standard InChI is InChI=1S/C22H22F3N3O4/c23-22(24,25)17-4-1-15(2-5-17)21(30)28-11-9-27(10-12-28)8-7-26-20(29)16-3-6-18-19(13-16)32-14-31-18/h1-6,13H,7-12,14H2,(H,26,29). The number of carbonyl (C=O) groups is 2. The Labute approximate surface area is 182 Å². The van der Waals surface area contributed by atoms with Crippen molar-refractivity contribution in [3.63, 3.8) is 0 Å². The second-order valence-electron chi connectivity index (χ2n) is 7.53. The van der Waals surface area contributed by atoms with Crippen LogP contribution in [0.25, 0.3) is 0 Å². The van der Waals surface area contributed by atoms with E-state index >= 15 is 0 Å². The Bertz CT molecular complexity index is 987. The van der Waals surface area contributed by atoms with E-state index in [-0.39, 0.29) is 24.2 Å². The van der Waals surface area contributed by atoms with Crippen molar-refractivity contribution in [2.24, 2.45) is 0 Å². The van der Waals surface area contributed by atoms with E-state index in [2.05, 4.69) is 10.2 Å². The highest BCUT2D eigenvalue weighted by Gasteiger charge is 2.30. The number of rotatable bonds is 5. The van der Waals surface area contributed by atoms with Gasteiger partial charge in [-0.15, -0.1) is 0 Å². The molecule has 0 bridgehead atoms. The lowest BCUT2D eigenvalue weighted by atomic mass is 10.1. The van der Waals surface area contributed by atoms with Crippen LogP contribution >= 0.6 is 0 Å². The van der Waals surface area contributed by atoms with Gasteiger partial charge in [0.05, 0.1) is 5.56 Å². The van der Waals surface area contributed by atoms with Crippen molar-refractivity contribution in [2.75, 3.05) is 46.1 Å². The molecule has 1 N–H and O–H groups in total. The van der Waals surface area contributed by atoms with Gasteiger partial charge in [-0.05, 0) is 42.5 Å². The van der Waals surface area contributed by atoms with E-state index < -0.39 is 11.7 Å². The number of ether oxygens (including phenoxy) is 2. The molecule has 0 unspecified atom stereocenters. The molecule has 0 atom stereocenters. The topological polar surface area (TPSA) is 71.1 Å². The van der Waals surface area contributed by atoms with E-state index in [0.717, 1.165) is 12.1 Å². The lowest BCUT2D eigenvalue weighted by Crippen LogP contribution is -2.50. The lowest BCUT2D eigenvalue weighted by Gasteiger charge is -2.34. The predicted octanol–water partition coefficient (Wildman–Crippen LogP) is 2.62. The van der Waals surface area contributed by atoms with Gasteiger partial charge in [-0.3, -0.25) is 14.5 Å². The van der Waals surface area contributed by atoms with Gasteiger partial charge in [-0.25, -0.2) is 0 Å². The number of hydrogen-bond acceptors (Lipinski definition) is 5. The van der Waals surface area contributed by atoms with Crippen LogP contribution in [0.1, 0.15) is 26.3 Å². The summed E-state index contributed by atoms with van der Waals surface area (Å²) in [6.45, 7) is 3.39. The van der Waals surface area contributed by atoms with Crippen molar-refractivity contribution in [3.8, 4) is 11.5 Å². The van der Waals surface area contributed by atoms with Gasteiger partial charge in [-0.2, -0.15) is 13.2 Å². The first-order valence-corrected chi connectivity index (χ1v) is 10.2. The third-order valence-electron chi connectivity index (χ3n) is 5.47. The minimum atomic E-state index is -4.43. The first kappa shape index (κ1) is 21.9. The summed E-state index contributed by atoms with van der Waals surface area (Å²) < 4.78 is 48.6. The molecule has 7 nitrogen and oxygen atoms in total. The van der Waals surface area contributed by atoms with E-state index in [1.54, 1.807) is 23.1 Å². The number of nitrogens with zero attached hydrogens (tertiary/aromatic N) is 2. The largest absolute Gasteiger partial charge is 0.454 e. The molecule has 2 amide bonds. The second-order valence-corrected chi connectivity index (χ2v) is 7.53. The van der Waals surface area contributed by atoms with Crippen molar-refractivity contribution < 1.29 is 32.2 Å². The predicted molar refractivity (Wildman–Crippen MR) is 109 cm³/mol. The number of halogens is 3. The highest BCUT2D eigenvalue weighted by atomic mass is 19.4. The van der Waals surface area contributed by atoms with Gasteiger partial charge in [0.1, 0.15) is 0 Å². The molecule has 2 heterocycles. The van der Waals surface area contributed by atoms with Crippen molar-refractivity contribution in [3.05, 3.63) is 59.2 Å². The molecule has 1 saturated heterocycles. The zero-order valence-corrected chi connectivity index (χ0v) is 17.2. The highest BCUT2D eigenvalue weighted by Crippen LogP contribution is 2.32. The van der Waals surface area contributed by atoms with E-state index in [0.29, 0.717) is 56.3 Å². The van der Waals surface area contributed by atoms with Gasteiger partial charge < -0.3 is 19.7 Å². The molecule has 0 radical (unpaired) electrons. The molecule has 170 valence electrons. The molecule has 2 aromatic carbocycles. The smallest absolute Gasteiger partial charge is 0.416 e. The summed E-state index contributed by atoms with van der Waals surface area (Å²) >= 11 is 0. The van der Waals surface area contributed by atoms with Crippen LogP contribution in [0, 0.1) is 0 Å². The molecule has 0 saturated carbocycles. The fourth-order valence-corrected chi connectivity index (χ4v) is 3.63. The summed E-state index contributed by atoms with van der Waals surface area (Å²) in [4.78, 5) is 28.6. The number of benzene rings is 2. The molecule has 0 aliphatic carbocycles. The molecule has 0 spiro atoms. The minimum absolute atomic E-state index is 0.147. The summed E-state index contributed by atoms with van der Waals surface area (Å²) in [7, 11) is 0. The summed E-state index contributed by atoms with van der Waals surface area (Å²) in [5, 5.41) is 2.87. The van der Waals surface area contributed by atoms with Gasteiger partial charge in [0, 0.05) is 50.4 Å². The van der Waals surface area contributed by atoms with Gasteiger partial charge in [0.2, 0.25) is 6.79 Å². The van der Waals surface area contributed by atoms with Crippen molar-refractivity contribution >= 4 is 11.8 Å². The average Bonchev–Trinajstić information content (AvgIpc) is 3.26. The van der Waals surface area contributed by atoms with Crippen LogP contribution in [0.3, 0.4) is 0 Å². The van der Waals surface area contributed by atoms with Crippen molar-refractivity contribution in [1.29, 1.82) is 0 Å². The van der Waals surface area contributed by atoms with Crippen LogP contribution in [0.2, 0.25) is 0 Å². The van der Waals surface area contributed by atoms with Gasteiger partial charge >= 0.3 is 6.18 Å². The molecule has 32 heavy (non-hydrogen) atoms. The number of amides is 2. The molecular formula is C22H22F3N3O4. The highest BCUT2D eigenvalue weighted by molar-refractivity contribution is 5.95. The fraction of sp³-hybridized carbons (Fsp3) is 0.364. The van der Waals surface area contributed by atoms with Crippen LogP contribution in [0.4, 0.5) is 13.2 Å². The summed E-state index contributed by atoms with van der Waals surface area (Å²) in [6.07, 6.45) is -4.43. The van der Waals surface area contributed by atoms with Gasteiger partial charge in [0.15, 0.2) is 11.5 Å². The van der Waals surface area contributed by atoms with Gasteiger partial charge in [-0.1, -0.05) is 0 Å². The normalized spacial score (nSPS) is 16.2. The molecule has 2 aliphatic rings. The van der Waals surface area contributed by atoms with Crippen molar-refractivity contribution in [2.45, 2.75) is 6.18 Å². The fourth-order valence-electron chi connectivity index (χ4n) is 3.63. The number of alkyl halides is 3. The Morgan fingerprint density at radius 2 is 1.56 bits per heavy atom. The maximum absolute atomic E-state index is 12.7. The van der Waals surface area contributed by atoms with Gasteiger partial charge in [0.25, 0.3) is 11.8 Å². The monoisotopic (exact) mass is 449 g/mol. The minimum Gasteiger partial charge on any atom is -0.454 e. The lowest BCUT2D eigenvalue weighted by molar-refractivity contribution is -0.137. The number of hydrogen-bond donors (Lipinski definition) is 1. The summed E-state index contributed by atoms with van der Waals surface area (Å²) in [5.74, 6) is 0.672. The molecule has 10 heteroatoms. The number of carbonyl (C=O) groups excluding carboxylic acids is 2. The van der Waals surface area contributed by atoms with E-state index in [1.165, 1.54) is 12.1 Å². The molecule has 2 aliphatic heterocycles. The zero-order valence-electron chi connectivity index (χ0n) is 17.2. The number of piperazine rings is 1. The van der Waals surface area contributed by atoms with Crippen LogP contribution in [-0.4, -0.2) is 67.7 Å². The van der Waals surface area contributed by atoms with Crippen LogP contribution in [0.15, 0.2) is 42.5 Å². The Balaban J connectivity index is 1.21. The maximum Gasteiger partial charge on any atom is 0.416 e. The maximum atomic E-state index is 12.7. The molecule has 2 aromatic rings. The van der Waals surface area contributed by atoms with Crippen LogP contribution in [0.5, 0.6) is 11.5 Å². The quantitative estimate of drug-likeness (QED) is 0.760. The molecule has 1 fully saturated rings. The van der Waals surface area contributed by atoms with E-state index in [1.807, 2.05) is 0 Å². The zero-order chi connectivity index (χ0) is 22.7. The first-order valence-electron chi connectivity index (χ1n) is 10.2. The van der Waals surface area contributed by atoms with Crippen LogP contribution < -0.4 is 14.8 Å². The SMILES string of the molecule is O=C(NCCN1CCN(C(=O)c2ccc(C(F)(F)F)cc2)CC1)c1ccc2c(c1)OCO2. The third kappa shape index (κ3) is 4.96.